The molecule has 0 spiro atoms. The van der Waals surface area contributed by atoms with E-state index in [0.29, 0.717) is 32.6 Å². The van der Waals surface area contributed by atoms with Crippen molar-refractivity contribution in [2.75, 3.05) is 26.3 Å². The lowest BCUT2D eigenvalue weighted by molar-refractivity contribution is -0.662. The van der Waals surface area contributed by atoms with Crippen molar-refractivity contribution >= 4 is 12.3 Å². The molecule has 3 rings (SSSR count). The number of alkyl halides is 3. The number of hydrogen-bond donors (Lipinski definition) is 0. The Kier molecular flexibility index (Phi) is 4.49. The number of nitrogens with zero attached hydrogens (tertiary/aromatic N) is 5. The third-order valence-electron chi connectivity index (χ3n) is 3.66. The van der Waals surface area contributed by atoms with Gasteiger partial charge in [0.1, 0.15) is 10.9 Å². The summed E-state index contributed by atoms with van der Waals surface area (Å²) in [5, 5.41) is 7.36. The van der Waals surface area contributed by atoms with Gasteiger partial charge in [-0.1, -0.05) is 4.68 Å². The zero-order valence-electron chi connectivity index (χ0n) is 12.8. The van der Waals surface area contributed by atoms with Gasteiger partial charge in [0.25, 0.3) is 0 Å². The van der Waals surface area contributed by atoms with Gasteiger partial charge in [-0.2, -0.15) is 13.2 Å². The first-order chi connectivity index (χ1) is 11.9. The molecule has 1 saturated heterocycles. The number of carbonyl (C=O) groups excluding carboxylic acids is 2. The average molecular weight is 356 g/mol. The minimum absolute atomic E-state index is 0.177. The molecule has 1 aliphatic heterocycles. The molecule has 8 nitrogen and oxygen atoms in total. The van der Waals surface area contributed by atoms with E-state index in [4.69, 9.17) is 4.74 Å². The van der Waals surface area contributed by atoms with E-state index in [1.54, 1.807) is 0 Å². The zero-order chi connectivity index (χ0) is 18.0. The second-order valence-electron chi connectivity index (χ2n) is 5.21. The highest BCUT2D eigenvalue weighted by Gasteiger charge is 2.33. The lowest BCUT2D eigenvalue weighted by Crippen LogP contribution is -2.45. The standard InChI is InChI=1S/C14H13F3N5O3/c15-14(16,17)10-1-3-11(4-2-10)21-12(9-23)22(19-18-21)13(24)20-5-7-25-8-6-20/h1-4,9H,5-8H2/q+1. The number of morpholine rings is 1. The number of benzene rings is 1. The van der Waals surface area contributed by atoms with Crippen molar-refractivity contribution in [1.29, 1.82) is 0 Å². The number of halogens is 3. The predicted molar refractivity (Wildman–Crippen MR) is 75.1 cm³/mol. The van der Waals surface area contributed by atoms with Crippen LogP contribution in [0.25, 0.3) is 5.69 Å². The van der Waals surface area contributed by atoms with Crippen LogP contribution in [0.2, 0.25) is 0 Å². The normalized spacial score (nSPS) is 15.2. The number of aromatic nitrogens is 4. The van der Waals surface area contributed by atoms with E-state index in [2.05, 4.69) is 10.4 Å². The van der Waals surface area contributed by atoms with Gasteiger partial charge >= 0.3 is 18.0 Å². The highest BCUT2D eigenvalue weighted by Crippen LogP contribution is 2.29. The summed E-state index contributed by atoms with van der Waals surface area (Å²) in [5.74, 6) is -0.198. The maximum absolute atomic E-state index is 12.6. The fourth-order valence-electron chi connectivity index (χ4n) is 2.36. The number of ether oxygens (including phenoxy) is 1. The Morgan fingerprint density at radius 2 is 1.84 bits per heavy atom. The van der Waals surface area contributed by atoms with Gasteiger partial charge < -0.3 is 9.64 Å². The summed E-state index contributed by atoms with van der Waals surface area (Å²) in [7, 11) is 0. The van der Waals surface area contributed by atoms with Crippen LogP contribution in [0.5, 0.6) is 0 Å². The SMILES string of the molecule is O=Cc1n(C(=O)N2CCOCC2)nn[n+]1-c1ccc(C(F)(F)F)cc1. The minimum Gasteiger partial charge on any atom is -0.378 e. The predicted octanol–water partition coefficient (Wildman–Crippen LogP) is 0.686. The summed E-state index contributed by atoms with van der Waals surface area (Å²) in [6.45, 7) is 1.43. The number of hydrogen-bond acceptors (Lipinski definition) is 5. The van der Waals surface area contributed by atoms with Crippen LogP contribution in [0.15, 0.2) is 24.3 Å². The van der Waals surface area contributed by atoms with Crippen molar-refractivity contribution in [2.45, 2.75) is 6.18 Å². The van der Waals surface area contributed by atoms with Gasteiger partial charge in [0, 0.05) is 17.8 Å². The van der Waals surface area contributed by atoms with E-state index < -0.39 is 17.8 Å². The Morgan fingerprint density at radius 1 is 1.20 bits per heavy atom. The van der Waals surface area contributed by atoms with Crippen LogP contribution in [0.4, 0.5) is 18.0 Å². The first-order valence-corrected chi connectivity index (χ1v) is 7.29. The molecular weight excluding hydrogens is 343 g/mol. The molecule has 11 heteroatoms. The molecule has 0 N–H and O–H groups in total. The molecule has 1 amide bonds. The van der Waals surface area contributed by atoms with Gasteiger partial charge in [-0.15, -0.1) is 0 Å². The van der Waals surface area contributed by atoms with Crippen molar-refractivity contribution in [1.82, 2.24) is 20.0 Å². The van der Waals surface area contributed by atoms with Gasteiger partial charge in [0.15, 0.2) is 5.21 Å². The van der Waals surface area contributed by atoms with E-state index in [9.17, 15) is 22.8 Å². The van der Waals surface area contributed by atoms with Crippen LogP contribution in [0, 0.1) is 0 Å². The lowest BCUT2D eigenvalue weighted by Gasteiger charge is -2.23. The van der Waals surface area contributed by atoms with Gasteiger partial charge in [-0.25, -0.2) is 4.79 Å². The van der Waals surface area contributed by atoms with Gasteiger partial charge in [0.2, 0.25) is 6.29 Å². The van der Waals surface area contributed by atoms with Crippen LogP contribution < -0.4 is 4.68 Å². The first kappa shape index (κ1) is 17.0. The Morgan fingerprint density at radius 3 is 2.40 bits per heavy atom. The number of amides is 1. The Balaban J connectivity index is 1.92. The number of tetrazole rings is 1. The van der Waals surface area contributed by atoms with Gasteiger partial charge in [-0.05, 0) is 24.3 Å². The molecular formula is C14H13F3N5O3+. The zero-order valence-corrected chi connectivity index (χ0v) is 12.8. The maximum Gasteiger partial charge on any atom is 0.421 e. The van der Waals surface area contributed by atoms with E-state index >= 15 is 0 Å². The van der Waals surface area contributed by atoms with E-state index in [-0.39, 0.29) is 11.5 Å². The summed E-state index contributed by atoms with van der Waals surface area (Å²) >= 11 is 0. The van der Waals surface area contributed by atoms with E-state index in [1.165, 1.54) is 4.90 Å². The van der Waals surface area contributed by atoms with Crippen LogP contribution >= 0.6 is 0 Å². The molecule has 132 valence electrons. The molecule has 2 aromatic rings. The second-order valence-corrected chi connectivity index (χ2v) is 5.21. The average Bonchev–Trinajstić information content (AvgIpc) is 3.05. The van der Waals surface area contributed by atoms with E-state index in [1.807, 2.05) is 0 Å². The van der Waals surface area contributed by atoms with Crippen molar-refractivity contribution in [3.05, 3.63) is 35.7 Å². The molecule has 1 aromatic carbocycles. The highest BCUT2D eigenvalue weighted by atomic mass is 19.4. The molecule has 25 heavy (non-hydrogen) atoms. The van der Waals surface area contributed by atoms with Crippen molar-refractivity contribution < 1.29 is 32.2 Å². The van der Waals surface area contributed by atoms with Gasteiger partial charge in [0.05, 0.1) is 18.8 Å². The smallest absolute Gasteiger partial charge is 0.378 e. The summed E-state index contributed by atoms with van der Waals surface area (Å²) in [6.07, 6.45) is -4.10. The Labute approximate surface area is 139 Å². The number of carbonyl (C=O) groups is 2. The topological polar surface area (TPSA) is 81.2 Å². The molecule has 1 fully saturated rings. The van der Waals surface area contributed by atoms with Crippen LogP contribution in [-0.4, -0.2) is 58.6 Å². The molecule has 2 heterocycles. The molecule has 0 atom stereocenters. The first-order valence-electron chi connectivity index (χ1n) is 7.29. The lowest BCUT2D eigenvalue weighted by atomic mass is 10.2. The third-order valence-corrected chi connectivity index (χ3v) is 3.66. The third kappa shape index (κ3) is 3.36. The summed E-state index contributed by atoms with van der Waals surface area (Å²) in [4.78, 5) is 25.3. The molecule has 0 saturated carbocycles. The fraction of sp³-hybridized carbons (Fsp3) is 0.357. The van der Waals surface area contributed by atoms with Crippen molar-refractivity contribution in [2.24, 2.45) is 0 Å². The molecule has 1 aliphatic rings. The van der Waals surface area contributed by atoms with Crippen LogP contribution in [0.3, 0.4) is 0 Å². The summed E-state index contributed by atoms with van der Waals surface area (Å²) < 4.78 is 44.9. The molecule has 0 radical (unpaired) electrons. The largest absolute Gasteiger partial charge is 0.421 e. The molecule has 0 aliphatic carbocycles. The number of aldehydes is 1. The van der Waals surface area contributed by atoms with Crippen LogP contribution in [0.1, 0.15) is 16.2 Å². The van der Waals surface area contributed by atoms with Crippen molar-refractivity contribution in [3.63, 3.8) is 0 Å². The molecule has 0 unspecified atom stereocenters. The summed E-state index contributed by atoms with van der Waals surface area (Å²) in [6, 6.07) is 3.46. The second kappa shape index (κ2) is 6.59. The Bertz CT molecular complexity index is 782. The van der Waals surface area contributed by atoms with E-state index in [0.717, 1.165) is 33.6 Å². The quantitative estimate of drug-likeness (QED) is 0.449. The monoisotopic (exact) mass is 356 g/mol. The van der Waals surface area contributed by atoms with Crippen molar-refractivity contribution in [3.8, 4) is 5.69 Å². The van der Waals surface area contributed by atoms with Gasteiger partial charge in [-0.3, -0.25) is 4.79 Å². The van der Waals surface area contributed by atoms with Crippen LogP contribution in [-0.2, 0) is 10.9 Å². The molecule has 1 aromatic heterocycles. The fourth-order valence-corrected chi connectivity index (χ4v) is 2.36. The maximum atomic E-state index is 12.6. The number of rotatable bonds is 2. The highest BCUT2D eigenvalue weighted by molar-refractivity contribution is 5.81. The Hall–Kier alpha value is -2.82. The summed E-state index contributed by atoms with van der Waals surface area (Å²) in [5.41, 5.74) is -0.655. The molecule has 0 bridgehead atoms. The minimum atomic E-state index is -4.47.